The van der Waals surface area contributed by atoms with Crippen molar-refractivity contribution in [1.82, 2.24) is 9.80 Å². The molecule has 1 saturated carbocycles. The van der Waals surface area contributed by atoms with Crippen LogP contribution in [0.25, 0.3) is 0 Å². The third-order valence-electron chi connectivity index (χ3n) is 4.85. The van der Waals surface area contributed by atoms with Crippen LogP contribution in [0.3, 0.4) is 0 Å². The second-order valence-electron chi connectivity index (χ2n) is 6.47. The van der Waals surface area contributed by atoms with Crippen LogP contribution < -0.4 is 0 Å². The summed E-state index contributed by atoms with van der Waals surface area (Å²) in [5, 5.41) is 10.7. The molecule has 2 aliphatic rings. The zero-order chi connectivity index (χ0) is 13.0. The first kappa shape index (κ1) is 14.3. The summed E-state index contributed by atoms with van der Waals surface area (Å²) in [6.07, 6.45) is 5.65. The molecule has 0 atom stereocenters. The smallest absolute Gasteiger partial charge is 0.0774 e. The van der Waals surface area contributed by atoms with Gasteiger partial charge in [-0.05, 0) is 57.7 Å². The van der Waals surface area contributed by atoms with Crippen LogP contribution in [0.1, 0.15) is 46.0 Å². The molecular weight excluding hydrogens is 224 g/mol. The van der Waals surface area contributed by atoms with Crippen LogP contribution in [0.4, 0.5) is 0 Å². The maximum Gasteiger partial charge on any atom is 0.0774 e. The van der Waals surface area contributed by atoms with E-state index in [0.29, 0.717) is 0 Å². The molecule has 2 fully saturated rings. The fraction of sp³-hybridized carbons (Fsp3) is 1.00. The molecule has 3 heteroatoms. The average molecular weight is 254 g/mol. The SMILES string of the molecule is CCN1CCCN(CC2(O)CCC(C)CC2)CC1. The van der Waals surface area contributed by atoms with E-state index in [1.807, 2.05) is 0 Å². The number of β-amino-alcohol motifs (C(OH)–C–C–N with tert-alkyl or cyclic N) is 1. The molecule has 0 bridgehead atoms. The molecule has 18 heavy (non-hydrogen) atoms. The Kier molecular flexibility index (Phi) is 5.05. The normalized spacial score (nSPS) is 36.5. The van der Waals surface area contributed by atoms with E-state index < -0.39 is 5.60 Å². The molecule has 1 N–H and O–H groups in total. The molecule has 2 rings (SSSR count). The Morgan fingerprint density at radius 1 is 1.06 bits per heavy atom. The highest BCUT2D eigenvalue weighted by atomic mass is 16.3. The number of nitrogens with zero attached hydrogens (tertiary/aromatic N) is 2. The Labute approximate surface area is 112 Å². The van der Waals surface area contributed by atoms with Gasteiger partial charge in [-0.3, -0.25) is 4.90 Å². The summed E-state index contributed by atoms with van der Waals surface area (Å²) in [7, 11) is 0. The van der Waals surface area contributed by atoms with Crippen LogP contribution in [0.15, 0.2) is 0 Å². The van der Waals surface area contributed by atoms with Crippen LogP contribution in [0.5, 0.6) is 0 Å². The maximum atomic E-state index is 10.7. The average Bonchev–Trinajstić information content (AvgIpc) is 2.58. The van der Waals surface area contributed by atoms with Gasteiger partial charge in [-0.25, -0.2) is 0 Å². The van der Waals surface area contributed by atoms with Gasteiger partial charge >= 0.3 is 0 Å². The molecular formula is C15H30N2O. The molecule has 106 valence electrons. The van der Waals surface area contributed by atoms with Gasteiger partial charge in [-0.1, -0.05) is 13.8 Å². The van der Waals surface area contributed by atoms with Crippen LogP contribution in [-0.2, 0) is 0 Å². The first-order valence-corrected chi connectivity index (χ1v) is 7.78. The Morgan fingerprint density at radius 3 is 2.33 bits per heavy atom. The standard InChI is InChI=1S/C15H30N2O/c1-3-16-9-4-10-17(12-11-16)13-15(18)7-5-14(2)6-8-15/h14,18H,3-13H2,1-2H3. The first-order valence-electron chi connectivity index (χ1n) is 7.78. The monoisotopic (exact) mass is 254 g/mol. The van der Waals surface area contributed by atoms with Gasteiger partial charge in [0.25, 0.3) is 0 Å². The van der Waals surface area contributed by atoms with E-state index in [-0.39, 0.29) is 0 Å². The van der Waals surface area contributed by atoms with E-state index in [1.54, 1.807) is 0 Å². The second kappa shape index (κ2) is 6.36. The number of hydrogen-bond donors (Lipinski definition) is 1. The van der Waals surface area contributed by atoms with E-state index in [0.717, 1.165) is 44.9 Å². The van der Waals surface area contributed by atoms with E-state index in [9.17, 15) is 5.11 Å². The van der Waals surface area contributed by atoms with Crippen molar-refractivity contribution in [1.29, 1.82) is 0 Å². The van der Waals surface area contributed by atoms with Crippen molar-refractivity contribution < 1.29 is 5.11 Å². The lowest BCUT2D eigenvalue weighted by atomic mass is 9.79. The Bertz CT molecular complexity index is 249. The van der Waals surface area contributed by atoms with Gasteiger partial charge in [-0.2, -0.15) is 0 Å². The third kappa shape index (κ3) is 3.94. The van der Waals surface area contributed by atoms with Crippen molar-refractivity contribution in [2.24, 2.45) is 5.92 Å². The highest BCUT2D eigenvalue weighted by Crippen LogP contribution is 2.32. The Hall–Kier alpha value is -0.120. The van der Waals surface area contributed by atoms with Gasteiger partial charge < -0.3 is 10.0 Å². The topological polar surface area (TPSA) is 26.7 Å². The van der Waals surface area contributed by atoms with Crippen molar-refractivity contribution >= 4 is 0 Å². The zero-order valence-electron chi connectivity index (χ0n) is 12.2. The first-order chi connectivity index (χ1) is 8.61. The van der Waals surface area contributed by atoms with Crippen molar-refractivity contribution in [3.63, 3.8) is 0 Å². The van der Waals surface area contributed by atoms with Gasteiger partial charge in [0.15, 0.2) is 0 Å². The summed E-state index contributed by atoms with van der Waals surface area (Å²) in [5.74, 6) is 0.810. The van der Waals surface area contributed by atoms with Crippen LogP contribution in [-0.4, -0.2) is 59.8 Å². The highest BCUT2D eigenvalue weighted by molar-refractivity contribution is 4.88. The van der Waals surface area contributed by atoms with Crippen LogP contribution >= 0.6 is 0 Å². The molecule has 1 aliphatic carbocycles. The van der Waals surface area contributed by atoms with Gasteiger partial charge in [0.1, 0.15) is 0 Å². The summed E-state index contributed by atoms with van der Waals surface area (Å²) < 4.78 is 0. The van der Waals surface area contributed by atoms with Gasteiger partial charge in [0.2, 0.25) is 0 Å². The van der Waals surface area contributed by atoms with E-state index in [1.165, 1.54) is 32.4 Å². The number of aliphatic hydroxyl groups is 1. The molecule has 3 nitrogen and oxygen atoms in total. The zero-order valence-corrected chi connectivity index (χ0v) is 12.2. The molecule has 0 amide bonds. The van der Waals surface area contributed by atoms with Crippen LogP contribution in [0.2, 0.25) is 0 Å². The summed E-state index contributed by atoms with van der Waals surface area (Å²) in [6, 6.07) is 0. The fourth-order valence-corrected chi connectivity index (χ4v) is 3.37. The van der Waals surface area contributed by atoms with Crippen molar-refractivity contribution in [3.8, 4) is 0 Å². The lowest BCUT2D eigenvalue weighted by Crippen LogP contribution is -2.46. The lowest BCUT2D eigenvalue weighted by molar-refractivity contribution is -0.0342. The van der Waals surface area contributed by atoms with Gasteiger partial charge in [-0.15, -0.1) is 0 Å². The Morgan fingerprint density at radius 2 is 1.67 bits per heavy atom. The molecule has 0 unspecified atom stereocenters. The highest BCUT2D eigenvalue weighted by Gasteiger charge is 2.33. The Balaban J connectivity index is 1.81. The molecule has 0 aromatic rings. The molecule has 0 spiro atoms. The fourth-order valence-electron chi connectivity index (χ4n) is 3.37. The maximum absolute atomic E-state index is 10.7. The quantitative estimate of drug-likeness (QED) is 0.834. The number of rotatable bonds is 3. The predicted molar refractivity (Wildman–Crippen MR) is 75.8 cm³/mol. The molecule has 1 heterocycles. The van der Waals surface area contributed by atoms with Crippen molar-refractivity contribution in [2.75, 3.05) is 39.3 Å². The molecule has 0 aromatic heterocycles. The summed E-state index contributed by atoms with van der Waals surface area (Å²) in [6.45, 7) is 11.3. The third-order valence-corrected chi connectivity index (χ3v) is 4.85. The largest absolute Gasteiger partial charge is 0.389 e. The van der Waals surface area contributed by atoms with Crippen LogP contribution in [0, 0.1) is 5.92 Å². The van der Waals surface area contributed by atoms with Crippen molar-refractivity contribution in [2.45, 2.75) is 51.6 Å². The number of likely N-dealkylation sites (N-methyl/N-ethyl adjacent to an activating group) is 1. The second-order valence-corrected chi connectivity index (χ2v) is 6.47. The molecule has 0 aromatic carbocycles. The van der Waals surface area contributed by atoms with E-state index in [2.05, 4.69) is 23.6 Å². The minimum absolute atomic E-state index is 0.395. The summed E-state index contributed by atoms with van der Waals surface area (Å²) in [5.41, 5.74) is -0.395. The summed E-state index contributed by atoms with van der Waals surface area (Å²) >= 11 is 0. The van der Waals surface area contributed by atoms with Crippen molar-refractivity contribution in [3.05, 3.63) is 0 Å². The van der Waals surface area contributed by atoms with Gasteiger partial charge in [0.05, 0.1) is 5.60 Å². The summed E-state index contributed by atoms with van der Waals surface area (Å²) in [4.78, 5) is 5.01. The minimum Gasteiger partial charge on any atom is -0.389 e. The molecule has 1 saturated heterocycles. The lowest BCUT2D eigenvalue weighted by Gasteiger charge is -2.38. The number of hydrogen-bond acceptors (Lipinski definition) is 3. The minimum atomic E-state index is -0.395. The van der Waals surface area contributed by atoms with E-state index >= 15 is 0 Å². The predicted octanol–water partition coefficient (Wildman–Crippen LogP) is 1.96. The molecule has 0 radical (unpaired) electrons. The van der Waals surface area contributed by atoms with E-state index in [4.69, 9.17) is 0 Å². The molecule has 1 aliphatic heterocycles. The van der Waals surface area contributed by atoms with Gasteiger partial charge in [0, 0.05) is 19.6 Å².